The van der Waals surface area contributed by atoms with Crippen LogP contribution >= 0.6 is 0 Å². The van der Waals surface area contributed by atoms with E-state index in [1.807, 2.05) is 0 Å². The third-order valence-electron chi connectivity index (χ3n) is 2.33. The molecule has 5 heteroatoms. The van der Waals surface area contributed by atoms with Gasteiger partial charge in [0.15, 0.2) is 0 Å². The van der Waals surface area contributed by atoms with Gasteiger partial charge in [0, 0.05) is 17.4 Å². The molecule has 0 unspecified atom stereocenters. The third kappa shape index (κ3) is 2.57. The van der Waals surface area contributed by atoms with Crippen LogP contribution in [0.15, 0.2) is 42.5 Å². The molecule has 0 aliphatic heterocycles. The number of hydrogen-bond acceptors (Lipinski definition) is 3. The highest BCUT2D eigenvalue weighted by atomic mass is 19.1. The maximum absolute atomic E-state index is 13.2. The molecule has 2 aromatic carbocycles. The zero-order valence-electron chi connectivity index (χ0n) is 9.22. The molecule has 0 aliphatic carbocycles. The van der Waals surface area contributed by atoms with Gasteiger partial charge in [-0.15, -0.1) is 0 Å². The molecule has 0 aromatic heterocycles. The van der Waals surface area contributed by atoms with Gasteiger partial charge < -0.3 is 15.5 Å². The van der Waals surface area contributed by atoms with Crippen molar-refractivity contribution in [3.05, 3.63) is 53.8 Å². The topological polar surface area (TPSA) is 69.6 Å². The van der Waals surface area contributed by atoms with E-state index in [0.29, 0.717) is 11.4 Å². The summed E-state index contributed by atoms with van der Waals surface area (Å²) in [6, 6.07) is 10.0. The summed E-state index contributed by atoms with van der Waals surface area (Å²) in [7, 11) is 0. The lowest BCUT2D eigenvalue weighted by Gasteiger charge is -2.08. The van der Waals surface area contributed by atoms with E-state index in [9.17, 15) is 14.3 Å². The van der Waals surface area contributed by atoms with Crippen molar-refractivity contribution in [2.45, 2.75) is 0 Å². The molecule has 0 aliphatic rings. The zero-order chi connectivity index (χ0) is 13.1. The van der Waals surface area contributed by atoms with Crippen LogP contribution in [0.2, 0.25) is 0 Å². The molecule has 0 fully saturated rings. The Labute approximate surface area is 102 Å². The van der Waals surface area contributed by atoms with Gasteiger partial charge in [-0.05, 0) is 30.3 Å². The molecule has 2 aromatic rings. The number of phenols is 1. The second-order valence-corrected chi connectivity index (χ2v) is 3.68. The SMILES string of the molecule is O=C(O)c1cc(Nc2cccc(O)c2)ccc1F. The molecule has 18 heavy (non-hydrogen) atoms. The van der Waals surface area contributed by atoms with Gasteiger partial charge in [0.1, 0.15) is 11.6 Å². The molecular weight excluding hydrogens is 237 g/mol. The Hall–Kier alpha value is -2.56. The molecular formula is C13H10FNO3. The summed E-state index contributed by atoms with van der Waals surface area (Å²) >= 11 is 0. The van der Waals surface area contributed by atoms with Crippen LogP contribution in [-0.4, -0.2) is 16.2 Å². The number of rotatable bonds is 3. The second-order valence-electron chi connectivity index (χ2n) is 3.68. The van der Waals surface area contributed by atoms with E-state index in [1.165, 1.54) is 24.3 Å². The third-order valence-corrected chi connectivity index (χ3v) is 2.33. The van der Waals surface area contributed by atoms with Gasteiger partial charge in [-0.2, -0.15) is 0 Å². The maximum Gasteiger partial charge on any atom is 0.338 e. The maximum atomic E-state index is 13.2. The fourth-order valence-corrected chi connectivity index (χ4v) is 1.52. The Morgan fingerprint density at radius 3 is 2.50 bits per heavy atom. The van der Waals surface area contributed by atoms with Gasteiger partial charge in [-0.1, -0.05) is 6.07 Å². The Balaban J connectivity index is 2.30. The Kier molecular flexibility index (Phi) is 3.14. The van der Waals surface area contributed by atoms with Crippen LogP contribution in [0.1, 0.15) is 10.4 Å². The number of carboxylic acid groups (broad SMARTS) is 1. The number of aromatic hydroxyl groups is 1. The summed E-state index contributed by atoms with van der Waals surface area (Å²) in [6.45, 7) is 0. The van der Waals surface area contributed by atoms with Gasteiger partial charge in [0.05, 0.1) is 5.56 Å². The molecule has 0 spiro atoms. The number of phenolic OH excluding ortho intramolecular Hbond substituents is 1. The number of hydrogen-bond donors (Lipinski definition) is 3. The summed E-state index contributed by atoms with van der Waals surface area (Å²) in [6.07, 6.45) is 0. The van der Waals surface area contributed by atoms with Crippen LogP contribution in [0.4, 0.5) is 15.8 Å². The van der Waals surface area contributed by atoms with Crippen LogP contribution in [-0.2, 0) is 0 Å². The van der Waals surface area contributed by atoms with Gasteiger partial charge in [-0.25, -0.2) is 9.18 Å². The quantitative estimate of drug-likeness (QED) is 0.779. The summed E-state index contributed by atoms with van der Waals surface area (Å²) in [5, 5.41) is 21.0. The fraction of sp³-hybridized carbons (Fsp3) is 0. The molecule has 0 radical (unpaired) electrons. The number of nitrogens with one attached hydrogen (secondary N) is 1. The summed E-state index contributed by atoms with van der Waals surface area (Å²) < 4.78 is 13.2. The fourth-order valence-electron chi connectivity index (χ4n) is 1.52. The van der Waals surface area contributed by atoms with E-state index in [-0.39, 0.29) is 5.75 Å². The summed E-state index contributed by atoms with van der Waals surface area (Å²) in [5.74, 6) is -2.03. The molecule has 0 saturated carbocycles. The van der Waals surface area contributed by atoms with Crippen LogP contribution in [0.3, 0.4) is 0 Å². The molecule has 4 nitrogen and oxygen atoms in total. The van der Waals surface area contributed by atoms with Crippen LogP contribution in [0.5, 0.6) is 5.75 Å². The first-order chi connectivity index (χ1) is 8.56. The van der Waals surface area contributed by atoms with Crippen LogP contribution < -0.4 is 5.32 Å². The van der Waals surface area contributed by atoms with Gasteiger partial charge in [0.25, 0.3) is 0 Å². The number of benzene rings is 2. The van der Waals surface area contributed by atoms with E-state index in [0.717, 1.165) is 6.07 Å². The summed E-state index contributed by atoms with van der Waals surface area (Å²) in [4.78, 5) is 10.8. The second kappa shape index (κ2) is 4.75. The minimum Gasteiger partial charge on any atom is -0.508 e. The summed E-state index contributed by atoms with van der Waals surface area (Å²) in [5.41, 5.74) is 0.609. The van der Waals surface area contributed by atoms with Crippen molar-refractivity contribution in [2.24, 2.45) is 0 Å². The van der Waals surface area contributed by atoms with Crippen molar-refractivity contribution in [3.8, 4) is 5.75 Å². The number of anilines is 2. The minimum absolute atomic E-state index is 0.0839. The highest BCUT2D eigenvalue weighted by Gasteiger charge is 2.10. The van der Waals surface area contributed by atoms with Crippen molar-refractivity contribution in [3.63, 3.8) is 0 Å². The predicted octanol–water partition coefficient (Wildman–Crippen LogP) is 2.97. The highest BCUT2D eigenvalue weighted by molar-refractivity contribution is 5.89. The van der Waals surface area contributed by atoms with Gasteiger partial charge >= 0.3 is 5.97 Å². The van der Waals surface area contributed by atoms with Gasteiger partial charge in [0.2, 0.25) is 0 Å². The van der Waals surface area contributed by atoms with Crippen molar-refractivity contribution in [1.29, 1.82) is 0 Å². The molecule has 0 atom stereocenters. The zero-order valence-corrected chi connectivity index (χ0v) is 9.22. The largest absolute Gasteiger partial charge is 0.508 e. The predicted molar refractivity (Wildman–Crippen MR) is 64.7 cm³/mol. The standard InChI is InChI=1S/C13H10FNO3/c14-12-5-4-9(7-11(12)13(17)18)15-8-2-1-3-10(16)6-8/h1-7,15-16H,(H,17,18). The average molecular weight is 247 g/mol. The Morgan fingerprint density at radius 2 is 1.83 bits per heavy atom. The molecule has 0 bridgehead atoms. The van der Waals surface area contributed by atoms with E-state index in [1.54, 1.807) is 12.1 Å². The van der Waals surface area contributed by atoms with Crippen molar-refractivity contribution >= 4 is 17.3 Å². The molecule has 3 N–H and O–H groups in total. The Morgan fingerprint density at radius 1 is 1.11 bits per heavy atom. The van der Waals surface area contributed by atoms with Crippen LogP contribution in [0, 0.1) is 5.82 Å². The molecule has 0 heterocycles. The number of aromatic carboxylic acids is 1. The monoisotopic (exact) mass is 247 g/mol. The molecule has 0 saturated heterocycles. The van der Waals surface area contributed by atoms with E-state index in [2.05, 4.69) is 5.32 Å². The van der Waals surface area contributed by atoms with Crippen LogP contribution in [0.25, 0.3) is 0 Å². The first-order valence-electron chi connectivity index (χ1n) is 5.15. The van der Waals surface area contributed by atoms with Crippen molar-refractivity contribution < 1.29 is 19.4 Å². The lowest BCUT2D eigenvalue weighted by Crippen LogP contribution is -2.01. The lowest BCUT2D eigenvalue weighted by molar-refractivity contribution is 0.0692. The smallest absolute Gasteiger partial charge is 0.338 e. The number of carboxylic acids is 1. The molecule has 0 amide bonds. The van der Waals surface area contributed by atoms with Crippen molar-refractivity contribution in [2.75, 3.05) is 5.32 Å². The molecule has 2 rings (SSSR count). The normalized spacial score (nSPS) is 10.1. The minimum atomic E-state index is -1.33. The molecule has 92 valence electrons. The highest BCUT2D eigenvalue weighted by Crippen LogP contribution is 2.22. The van der Waals surface area contributed by atoms with E-state index < -0.39 is 17.3 Å². The first kappa shape index (κ1) is 11.9. The van der Waals surface area contributed by atoms with E-state index >= 15 is 0 Å². The van der Waals surface area contributed by atoms with E-state index in [4.69, 9.17) is 5.11 Å². The van der Waals surface area contributed by atoms with Gasteiger partial charge in [-0.3, -0.25) is 0 Å². The first-order valence-corrected chi connectivity index (χ1v) is 5.15. The number of carbonyl (C=O) groups is 1. The lowest BCUT2D eigenvalue weighted by atomic mass is 10.2. The van der Waals surface area contributed by atoms with Crippen molar-refractivity contribution in [1.82, 2.24) is 0 Å². The Bertz CT molecular complexity index is 599. The average Bonchev–Trinajstić information content (AvgIpc) is 2.31. The number of halogens is 1.